The van der Waals surface area contributed by atoms with Gasteiger partial charge < -0.3 is 4.90 Å². The van der Waals surface area contributed by atoms with Crippen LogP contribution >= 0.6 is 0 Å². The molecule has 1 amide bonds. The van der Waals surface area contributed by atoms with E-state index in [-0.39, 0.29) is 24.2 Å². The molecular formula is C7H11NO2. The molecule has 1 heterocycles. The van der Waals surface area contributed by atoms with Gasteiger partial charge in [-0.2, -0.15) is 0 Å². The molecule has 3 heteroatoms. The van der Waals surface area contributed by atoms with Gasteiger partial charge in [-0.15, -0.1) is 0 Å². The average Bonchev–Trinajstić information content (AvgIpc) is 2.10. The van der Waals surface area contributed by atoms with Crippen LogP contribution in [0.25, 0.3) is 0 Å². The lowest BCUT2D eigenvalue weighted by Crippen LogP contribution is -2.32. The molecular weight excluding hydrogens is 130 g/mol. The molecule has 0 aromatic carbocycles. The minimum Gasteiger partial charge on any atom is -0.333 e. The van der Waals surface area contributed by atoms with Crippen LogP contribution in [0.4, 0.5) is 0 Å². The number of hydrogen-bond acceptors (Lipinski definition) is 2. The first kappa shape index (κ1) is 7.25. The van der Waals surface area contributed by atoms with Gasteiger partial charge in [0.2, 0.25) is 5.91 Å². The molecule has 0 aromatic heterocycles. The predicted octanol–water partition coefficient (Wildman–Crippen LogP) is 0.196. The second-order valence-corrected chi connectivity index (χ2v) is 2.83. The van der Waals surface area contributed by atoms with E-state index in [0.29, 0.717) is 6.54 Å². The molecule has 0 spiro atoms. The lowest BCUT2D eigenvalue weighted by molar-refractivity contribution is -0.129. The lowest BCUT2D eigenvalue weighted by atomic mass is 10.3. The summed E-state index contributed by atoms with van der Waals surface area (Å²) in [5, 5.41) is 0. The predicted molar refractivity (Wildman–Crippen MR) is 36.5 cm³/mol. The number of Topliss-reactive ketones (excluding diaryl/α,β-unsaturated/α-hetero) is 1. The third-order valence-electron chi connectivity index (χ3n) is 1.64. The summed E-state index contributed by atoms with van der Waals surface area (Å²) in [6.45, 7) is 4.14. The Labute approximate surface area is 60.0 Å². The Hall–Kier alpha value is -0.860. The normalized spacial score (nSPS) is 19.3. The lowest BCUT2D eigenvalue weighted by Gasteiger charge is -2.18. The Morgan fingerprint density at radius 3 is 2.20 bits per heavy atom. The van der Waals surface area contributed by atoms with Crippen molar-refractivity contribution in [2.24, 2.45) is 0 Å². The van der Waals surface area contributed by atoms with Crippen LogP contribution in [0.1, 0.15) is 20.3 Å². The SMILES string of the molecule is CC(C)N1CC(=O)CC1=O. The molecule has 3 nitrogen and oxygen atoms in total. The molecule has 0 N–H and O–H groups in total. The van der Waals surface area contributed by atoms with Gasteiger partial charge in [0.1, 0.15) is 0 Å². The second kappa shape index (κ2) is 2.40. The van der Waals surface area contributed by atoms with Gasteiger partial charge in [-0.05, 0) is 13.8 Å². The van der Waals surface area contributed by atoms with Crippen LogP contribution in [0.2, 0.25) is 0 Å². The summed E-state index contributed by atoms with van der Waals surface area (Å²) in [6, 6.07) is 0.166. The van der Waals surface area contributed by atoms with Crippen LogP contribution in [-0.2, 0) is 9.59 Å². The number of hydrogen-bond donors (Lipinski definition) is 0. The Kier molecular flexibility index (Phi) is 1.74. The fraction of sp³-hybridized carbons (Fsp3) is 0.714. The van der Waals surface area contributed by atoms with E-state index >= 15 is 0 Å². The molecule has 0 aliphatic carbocycles. The van der Waals surface area contributed by atoms with Crippen molar-refractivity contribution < 1.29 is 9.59 Å². The van der Waals surface area contributed by atoms with Crippen molar-refractivity contribution in [1.29, 1.82) is 0 Å². The van der Waals surface area contributed by atoms with Crippen LogP contribution < -0.4 is 0 Å². The molecule has 0 aromatic rings. The van der Waals surface area contributed by atoms with Gasteiger partial charge in [0.05, 0.1) is 13.0 Å². The van der Waals surface area contributed by atoms with Gasteiger partial charge in [-0.3, -0.25) is 9.59 Å². The minimum absolute atomic E-state index is 0.0278. The fourth-order valence-electron chi connectivity index (χ4n) is 1.07. The molecule has 1 aliphatic rings. The van der Waals surface area contributed by atoms with Crippen LogP contribution in [-0.4, -0.2) is 29.2 Å². The number of rotatable bonds is 1. The summed E-state index contributed by atoms with van der Waals surface area (Å²) < 4.78 is 0. The highest BCUT2D eigenvalue weighted by atomic mass is 16.2. The third-order valence-corrected chi connectivity index (χ3v) is 1.64. The monoisotopic (exact) mass is 141 g/mol. The van der Waals surface area contributed by atoms with Crippen molar-refractivity contribution >= 4 is 11.7 Å². The Morgan fingerprint density at radius 1 is 1.40 bits per heavy atom. The van der Waals surface area contributed by atoms with Crippen LogP contribution in [0.3, 0.4) is 0 Å². The van der Waals surface area contributed by atoms with E-state index in [0.717, 1.165) is 0 Å². The number of carbonyl (C=O) groups excluding carboxylic acids is 2. The highest BCUT2D eigenvalue weighted by molar-refractivity contribution is 6.05. The summed E-state index contributed by atoms with van der Waals surface area (Å²) in [5.41, 5.74) is 0. The zero-order valence-electron chi connectivity index (χ0n) is 6.26. The van der Waals surface area contributed by atoms with E-state index in [9.17, 15) is 9.59 Å². The fourth-order valence-corrected chi connectivity index (χ4v) is 1.07. The summed E-state index contributed by atoms with van der Waals surface area (Å²) in [5.74, 6) is 0.0127. The maximum Gasteiger partial charge on any atom is 0.230 e. The van der Waals surface area contributed by atoms with E-state index < -0.39 is 0 Å². The number of amides is 1. The number of ketones is 1. The second-order valence-electron chi connectivity index (χ2n) is 2.83. The molecule has 0 saturated carbocycles. The first-order valence-corrected chi connectivity index (χ1v) is 3.42. The van der Waals surface area contributed by atoms with E-state index in [1.54, 1.807) is 4.90 Å². The van der Waals surface area contributed by atoms with Gasteiger partial charge >= 0.3 is 0 Å². The molecule has 1 saturated heterocycles. The van der Waals surface area contributed by atoms with Crippen molar-refractivity contribution in [1.82, 2.24) is 4.90 Å². The van der Waals surface area contributed by atoms with Crippen molar-refractivity contribution in [2.45, 2.75) is 26.3 Å². The summed E-state index contributed by atoms with van der Waals surface area (Å²) in [4.78, 5) is 23.2. The number of likely N-dealkylation sites (tertiary alicyclic amines) is 1. The molecule has 0 radical (unpaired) electrons. The quantitative estimate of drug-likeness (QED) is 0.489. The smallest absolute Gasteiger partial charge is 0.230 e. The van der Waals surface area contributed by atoms with Crippen molar-refractivity contribution in [2.75, 3.05) is 6.54 Å². The average molecular weight is 141 g/mol. The molecule has 1 aliphatic heterocycles. The molecule has 1 rings (SSSR count). The van der Waals surface area contributed by atoms with Gasteiger partial charge in [-0.25, -0.2) is 0 Å². The number of nitrogens with zero attached hydrogens (tertiary/aromatic N) is 1. The standard InChI is InChI=1S/C7H11NO2/c1-5(2)8-4-6(9)3-7(8)10/h5H,3-4H2,1-2H3. The Morgan fingerprint density at radius 2 is 2.00 bits per heavy atom. The van der Waals surface area contributed by atoms with Crippen LogP contribution in [0, 0.1) is 0 Å². The third kappa shape index (κ3) is 1.17. The van der Waals surface area contributed by atoms with Crippen LogP contribution in [0.15, 0.2) is 0 Å². The molecule has 0 atom stereocenters. The largest absolute Gasteiger partial charge is 0.333 e. The van der Waals surface area contributed by atoms with Gasteiger partial charge in [0.15, 0.2) is 5.78 Å². The van der Waals surface area contributed by atoms with Gasteiger partial charge in [0.25, 0.3) is 0 Å². The van der Waals surface area contributed by atoms with E-state index in [1.165, 1.54) is 0 Å². The maximum atomic E-state index is 10.9. The topological polar surface area (TPSA) is 37.4 Å². The first-order valence-electron chi connectivity index (χ1n) is 3.42. The molecule has 56 valence electrons. The maximum absolute atomic E-state index is 10.9. The molecule has 0 unspecified atom stereocenters. The highest BCUT2D eigenvalue weighted by Crippen LogP contribution is 2.09. The zero-order chi connectivity index (χ0) is 7.72. The van der Waals surface area contributed by atoms with E-state index in [2.05, 4.69) is 0 Å². The minimum atomic E-state index is -0.0278. The molecule has 10 heavy (non-hydrogen) atoms. The summed E-state index contributed by atoms with van der Waals surface area (Å²) >= 11 is 0. The van der Waals surface area contributed by atoms with Gasteiger partial charge in [0, 0.05) is 6.04 Å². The molecule has 1 fully saturated rings. The van der Waals surface area contributed by atoms with E-state index in [1.807, 2.05) is 13.8 Å². The van der Waals surface area contributed by atoms with Crippen molar-refractivity contribution in [3.05, 3.63) is 0 Å². The Bertz CT molecular complexity index is 174. The first-order chi connectivity index (χ1) is 4.61. The van der Waals surface area contributed by atoms with Gasteiger partial charge in [-0.1, -0.05) is 0 Å². The molecule has 0 bridgehead atoms. The van der Waals surface area contributed by atoms with Crippen molar-refractivity contribution in [3.63, 3.8) is 0 Å². The van der Waals surface area contributed by atoms with Crippen molar-refractivity contribution in [3.8, 4) is 0 Å². The summed E-state index contributed by atoms with van der Waals surface area (Å²) in [7, 11) is 0. The van der Waals surface area contributed by atoms with E-state index in [4.69, 9.17) is 0 Å². The highest BCUT2D eigenvalue weighted by Gasteiger charge is 2.28. The van der Waals surface area contributed by atoms with Crippen LogP contribution in [0.5, 0.6) is 0 Å². The summed E-state index contributed by atoms with van der Waals surface area (Å²) in [6.07, 6.45) is 0.109. The Balaban J connectivity index is 2.63. The number of carbonyl (C=O) groups is 2. The zero-order valence-corrected chi connectivity index (χ0v) is 6.26.